The van der Waals surface area contributed by atoms with Crippen LogP contribution in [0.2, 0.25) is 0 Å². The van der Waals surface area contributed by atoms with Crippen LogP contribution in [0, 0.1) is 13.8 Å². The number of para-hydroxylation sites is 1. The number of ether oxygens (including phenoxy) is 1. The van der Waals surface area contributed by atoms with Gasteiger partial charge in [-0.2, -0.15) is 0 Å². The van der Waals surface area contributed by atoms with Gasteiger partial charge in [0.15, 0.2) is 0 Å². The molecule has 0 aliphatic carbocycles. The van der Waals surface area contributed by atoms with Crippen LogP contribution in [0.3, 0.4) is 0 Å². The summed E-state index contributed by atoms with van der Waals surface area (Å²) in [4.78, 5) is 25.8. The monoisotopic (exact) mass is 354 g/mol. The second-order valence-electron chi connectivity index (χ2n) is 6.28. The third-order valence-electron chi connectivity index (χ3n) is 4.41. The Morgan fingerprint density at radius 1 is 1.08 bits per heavy atom. The molecule has 0 aromatic heterocycles. The van der Waals surface area contributed by atoms with E-state index in [1.807, 2.05) is 56.3 Å². The lowest BCUT2D eigenvalue weighted by atomic mass is 10.1. The minimum absolute atomic E-state index is 0.0780. The normalized spacial score (nSPS) is 10.3. The van der Waals surface area contributed by atoms with Gasteiger partial charge in [0.05, 0.1) is 7.11 Å². The molecule has 0 saturated carbocycles. The molecule has 0 atom stereocenters. The number of carbonyl (C=O) groups excluding carboxylic acids is 2. The highest BCUT2D eigenvalue weighted by Gasteiger charge is 2.14. The van der Waals surface area contributed by atoms with Crippen LogP contribution in [-0.4, -0.2) is 25.5 Å². The lowest BCUT2D eigenvalue weighted by Gasteiger charge is -2.22. The van der Waals surface area contributed by atoms with Crippen molar-refractivity contribution in [2.45, 2.75) is 33.7 Å². The molecule has 0 bridgehead atoms. The van der Waals surface area contributed by atoms with Gasteiger partial charge >= 0.3 is 0 Å². The van der Waals surface area contributed by atoms with Crippen LogP contribution in [0.25, 0.3) is 0 Å². The SMILES string of the molecule is COc1ccccc1CNC(=O)CCN(C(C)=O)c1ccc(C)c(C)c1. The molecule has 138 valence electrons. The van der Waals surface area contributed by atoms with Crippen molar-refractivity contribution in [3.8, 4) is 5.75 Å². The predicted octanol–water partition coefficient (Wildman–Crippen LogP) is 3.37. The van der Waals surface area contributed by atoms with Gasteiger partial charge < -0.3 is 15.0 Å². The Labute approximate surface area is 155 Å². The summed E-state index contributed by atoms with van der Waals surface area (Å²) in [6.45, 7) is 6.30. The number of carbonyl (C=O) groups is 2. The van der Waals surface area contributed by atoms with Gasteiger partial charge in [-0.25, -0.2) is 0 Å². The minimum atomic E-state index is -0.106. The molecule has 0 saturated heterocycles. The van der Waals surface area contributed by atoms with Gasteiger partial charge in [0, 0.05) is 37.7 Å². The highest BCUT2D eigenvalue weighted by Crippen LogP contribution is 2.20. The number of anilines is 1. The van der Waals surface area contributed by atoms with Crippen LogP contribution >= 0.6 is 0 Å². The van der Waals surface area contributed by atoms with Crippen LogP contribution in [0.4, 0.5) is 5.69 Å². The minimum Gasteiger partial charge on any atom is -0.496 e. The second-order valence-corrected chi connectivity index (χ2v) is 6.28. The molecule has 2 aromatic rings. The van der Waals surface area contributed by atoms with E-state index in [2.05, 4.69) is 5.32 Å². The van der Waals surface area contributed by atoms with Crippen molar-refractivity contribution in [3.63, 3.8) is 0 Å². The van der Waals surface area contributed by atoms with Crippen molar-refractivity contribution in [1.82, 2.24) is 5.32 Å². The molecule has 0 aliphatic rings. The van der Waals surface area contributed by atoms with E-state index in [0.29, 0.717) is 13.1 Å². The summed E-state index contributed by atoms with van der Waals surface area (Å²) in [5.41, 5.74) is 4.03. The Morgan fingerprint density at radius 2 is 1.81 bits per heavy atom. The van der Waals surface area contributed by atoms with E-state index in [1.54, 1.807) is 12.0 Å². The number of hydrogen-bond acceptors (Lipinski definition) is 3. The molecule has 0 heterocycles. The lowest BCUT2D eigenvalue weighted by Crippen LogP contribution is -2.33. The van der Waals surface area contributed by atoms with Crippen molar-refractivity contribution < 1.29 is 14.3 Å². The summed E-state index contributed by atoms with van der Waals surface area (Å²) in [7, 11) is 1.61. The quantitative estimate of drug-likeness (QED) is 0.829. The van der Waals surface area contributed by atoms with Crippen LogP contribution in [0.5, 0.6) is 5.75 Å². The third-order valence-corrected chi connectivity index (χ3v) is 4.41. The summed E-state index contributed by atoms with van der Waals surface area (Å²) >= 11 is 0. The van der Waals surface area contributed by atoms with Crippen LogP contribution < -0.4 is 15.0 Å². The van der Waals surface area contributed by atoms with Crippen molar-refractivity contribution in [2.24, 2.45) is 0 Å². The van der Waals surface area contributed by atoms with Gasteiger partial charge in [-0.1, -0.05) is 24.3 Å². The van der Waals surface area contributed by atoms with E-state index < -0.39 is 0 Å². The summed E-state index contributed by atoms with van der Waals surface area (Å²) in [5, 5.41) is 2.88. The fraction of sp³-hybridized carbons (Fsp3) is 0.333. The molecular formula is C21H26N2O3. The van der Waals surface area contributed by atoms with Crippen molar-refractivity contribution >= 4 is 17.5 Å². The zero-order chi connectivity index (χ0) is 19.1. The molecule has 5 heteroatoms. The number of nitrogens with zero attached hydrogens (tertiary/aromatic N) is 1. The zero-order valence-corrected chi connectivity index (χ0v) is 15.8. The summed E-state index contributed by atoms with van der Waals surface area (Å²) in [5.74, 6) is 0.560. The first kappa shape index (κ1) is 19.5. The Hall–Kier alpha value is -2.82. The number of hydrogen-bond donors (Lipinski definition) is 1. The van der Waals surface area contributed by atoms with Crippen LogP contribution in [-0.2, 0) is 16.1 Å². The van der Waals surface area contributed by atoms with Crippen LogP contribution in [0.1, 0.15) is 30.0 Å². The summed E-state index contributed by atoms with van der Waals surface area (Å²) in [6, 6.07) is 13.4. The molecule has 0 spiro atoms. The Morgan fingerprint density at radius 3 is 2.46 bits per heavy atom. The number of rotatable bonds is 7. The number of nitrogens with one attached hydrogen (secondary N) is 1. The Kier molecular flexibility index (Phi) is 6.78. The van der Waals surface area contributed by atoms with E-state index in [9.17, 15) is 9.59 Å². The third kappa shape index (κ3) is 5.09. The van der Waals surface area contributed by atoms with Gasteiger partial charge in [0.25, 0.3) is 0 Å². The predicted molar refractivity (Wildman–Crippen MR) is 103 cm³/mol. The largest absolute Gasteiger partial charge is 0.496 e. The molecule has 1 N–H and O–H groups in total. The van der Waals surface area contributed by atoms with E-state index in [4.69, 9.17) is 4.74 Å². The van der Waals surface area contributed by atoms with Gasteiger partial charge in [-0.05, 0) is 43.2 Å². The first-order chi connectivity index (χ1) is 12.4. The highest BCUT2D eigenvalue weighted by atomic mass is 16.5. The Balaban J connectivity index is 1.95. The molecule has 0 fully saturated rings. The number of benzene rings is 2. The van der Waals surface area contributed by atoms with Gasteiger partial charge in [0.1, 0.15) is 5.75 Å². The fourth-order valence-electron chi connectivity index (χ4n) is 2.71. The van der Waals surface area contributed by atoms with E-state index in [1.165, 1.54) is 12.5 Å². The maximum Gasteiger partial charge on any atom is 0.223 e. The molecule has 5 nitrogen and oxygen atoms in total. The number of aryl methyl sites for hydroxylation is 2. The molecule has 26 heavy (non-hydrogen) atoms. The smallest absolute Gasteiger partial charge is 0.223 e. The van der Waals surface area contributed by atoms with Gasteiger partial charge in [-0.3, -0.25) is 9.59 Å². The van der Waals surface area contributed by atoms with Crippen molar-refractivity contribution in [2.75, 3.05) is 18.6 Å². The van der Waals surface area contributed by atoms with Gasteiger partial charge in [-0.15, -0.1) is 0 Å². The lowest BCUT2D eigenvalue weighted by molar-refractivity contribution is -0.121. The number of methoxy groups -OCH3 is 1. The van der Waals surface area contributed by atoms with E-state index >= 15 is 0 Å². The molecular weight excluding hydrogens is 328 g/mol. The maximum atomic E-state index is 12.2. The van der Waals surface area contributed by atoms with Crippen molar-refractivity contribution in [1.29, 1.82) is 0 Å². The van der Waals surface area contributed by atoms with Gasteiger partial charge in [0.2, 0.25) is 11.8 Å². The zero-order valence-electron chi connectivity index (χ0n) is 15.8. The fourth-order valence-corrected chi connectivity index (χ4v) is 2.71. The van der Waals surface area contributed by atoms with Crippen LogP contribution in [0.15, 0.2) is 42.5 Å². The molecule has 0 aliphatic heterocycles. The first-order valence-corrected chi connectivity index (χ1v) is 8.66. The molecule has 0 radical (unpaired) electrons. The van der Waals surface area contributed by atoms with Crippen molar-refractivity contribution in [3.05, 3.63) is 59.2 Å². The first-order valence-electron chi connectivity index (χ1n) is 8.66. The maximum absolute atomic E-state index is 12.2. The highest BCUT2D eigenvalue weighted by molar-refractivity contribution is 5.92. The molecule has 2 aromatic carbocycles. The number of amides is 2. The molecule has 0 unspecified atom stereocenters. The molecule has 2 amide bonds. The summed E-state index contributed by atoms with van der Waals surface area (Å²) < 4.78 is 5.28. The Bertz CT molecular complexity index is 787. The standard InChI is InChI=1S/C21H26N2O3/c1-15-9-10-19(13-16(15)2)23(17(3)24)12-11-21(25)22-14-18-7-5-6-8-20(18)26-4/h5-10,13H,11-12,14H2,1-4H3,(H,22,25). The average molecular weight is 354 g/mol. The second kappa shape index (κ2) is 9.04. The van der Waals surface area contributed by atoms with E-state index in [-0.39, 0.29) is 18.2 Å². The average Bonchev–Trinajstić information content (AvgIpc) is 2.63. The van der Waals surface area contributed by atoms with E-state index in [0.717, 1.165) is 22.6 Å². The topological polar surface area (TPSA) is 58.6 Å². The summed E-state index contributed by atoms with van der Waals surface area (Å²) in [6.07, 6.45) is 0.238. The molecule has 2 rings (SSSR count).